The van der Waals surface area contributed by atoms with Gasteiger partial charge in [0, 0.05) is 36.2 Å². The van der Waals surface area contributed by atoms with E-state index in [-0.39, 0.29) is 19.0 Å². The summed E-state index contributed by atoms with van der Waals surface area (Å²) < 4.78 is 15.1. The molecule has 4 bridgehead atoms. The number of aryl methyl sites for hydroxylation is 2. The molecule has 0 unspecified atom stereocenters. The molecule has 0 fully saturated rings. The van der Waals surface area contributed by atoms with E-state index in [0.29, 0.717) is 23.1 Å². The first-order valence-electron chi connectivity index (χ1n) is 12.7. The molecule has 0 radical (unpaired) electrons. The van der Waals surface area contributed by atoms with Crippen LogP contribution in [0.2, 0.25) is 0 Å². The second kappa shape index (κ2) is 11.5. The van der Waals surface area contributed by atoms with Crippen molar-refractivity contribution in [2.75, 3.05) is 31.9 Å². The van der Waals surface area contributed by atoms with Gasteiger partial charge in [-0.2, -0.15) is 4.98 Å². The predicted octanol–water partition coefficient (Wildman–Crippen LogP) is 5.58. The minimum absolute atomic E-state index is 0.153. The summed E-state index contributed by atoms with van der Waals surface area (Å²) in [5.41, 5.74) is 3.78. The van der Waals surface area contributed by atoms with E-state index in [0.717, 1.165) is 21.6 Å². The van der Waals surface area contributed by atoms with Gasteiger partial charge in [-0.3, -0.25) is 9.52 Å². The summed E-state index contributed by atoms with van der Waals surface area (Å²) in [4.78, 5) is 39.3. The van der Waals surface area contributed by atoms with Gasteiger partial charge in [0.15, 0.2) is 0 Å². The molecular formula is C29H35N5O4S. The first-order valence-corrected chi connectivity index (χ1v) is 13.6. The maximum Gasteiger partial charge on any atom is 0.410 e. The molecule has 2 heterocycles. The van der Waals surface area contributed by atoms with Crippen LogP contribution in [-0.2, 0) is 4.74 Å². The average Bonchev–Trinajstić information content (AvgIpc) is 2.85. The van der Waals surface area contributed by atoms with Gasteiger partial charge >= 0.3 is 6.09 Å². The Morgan fingerprint density at radius 1 is 1.15 bits per heavy atom. The zero-order chi connectivity index (χ0) is 28.3. The number of amides is 2. The lowest BCUT2D eigenvalue weighted by atomic mass is 10.00. The fourth-order valence-corrected chi connectivity index (χ4v) is 4.94. The Kier molecular flexibility index (Phi) is 8.34. The lowest BCUT2D eigenvalue weighted by Gasteiger charge is -2.30. The van der Waals surface area contributed by atoms with Crippen LogP contribution < -0.4 is 9.46 Å². The van der Waals surface area contributed by atoms with E-state index >= 15 is 0 Å². The van der Waals surface area contributed by atoms with Gasteiger partial charge < -0.3 is 19.3 Å². The molecule has 2 aromatic carbocycles. The van der Waals surface area contributed by atoms with Gasteiger partial charge in [-0.25, -0.2) is 9.78 Å². The molecule has 1 atom stereocenters. The third kappa shape index (κ3) is 7.20. The molecule has 1 aromatic heterocycles. The average molecular weight is 550 g/mol. The molecular weight excluding hydrogens is 514 g/mol. The van der Waals surface area contributed by atoms with Crippen LogP contribution in [0.1, 0.15) is 42.3 Å². The molecule has 1 aliphatic rings. The van der Waals surface area contributed by atoms with Crippen molar-refractivity contribution in [2.24, 2.45) is 0 Å². The minimum atomic E-state index is -0.639. The van der Waals surface area contributed by atoms with Gasteiger partial charge in [-0.1, -0.05) is 24.3 Å². The molecule has 0 saturated heterocycles. The summed E-state index contributed by atoms with van der Waals surface area (Å²) in [5.74, 6) is 0.554. The Balaban J connectivity index is 1.75. The van der Waals surface area contributed by atoms with Crippen molar-refractivity contribution in [2.45, 2.75) is 51.2 Å². The number of benzene rings is 2. The Bertz CT molecular complexity index is 1350. The van der Waals surface area contributed by atoms with Crippen molar-refractivity contribution in [1.82, 2.24) is 19.8 Å². The number of rotatable bonds is 3. The van der Waals surface area contributed by atoms with Crippen molar-refractivity contribution >= 4 is 29.9 Å². The zero-order valence-corrected chi connectivity index (χ0v) is 24.3. The summed E-state index contributed by atoms with van der Waals surface area (Å²) in [6.45, 7) is 9.92. The van der Waals surface area contributed by atoms with Crippen LogP contribution in [0.4, 0.5) is 10.7 Å². The number of nitrogens with one attached hydrogen (secondary N) is 1. The molecule has 3 aromatic rings. The van der Waals surface area contributed by atoms with Gasteiger partial charge in [-0.15, -0.1) is 0 Å². The highest BCUT2D eigenvalue weighted by Gasteiger charge is 2.26. The van der Waals surface area contributed by atoms with Crippen LogP contribution in [0.25, 0.3) is 11.3 Å². The topological polar surface area (TPSA) is 96.9 Å². The highest BCUT2D eigenvalue weighted by Crippen LogP contribution is 2.31. The molecule has 1 N–H and O–H groups in total. The van der Waals surface area contributed by atoms with Gasteiger partial charge in [0.25, 0.3) is 5.91 Å². The normalized spacial score (nSPS) is 15.7. The molecule has 10 heteroatoms. The maximum atomic E-state index is 13.3. The number of carbonyl (C=O) groups excluding carboxylic acids is 2. The number of anilines is 1. The highest BCUT2D eigenvalue weighted by molar-refractivity contribution is 8.00. The number of carbonyl (C=O) groups is 2. The van der Waals surface area contributed by atoms with Gasteiger partial charge in [0.05, 0.1) is 18.8 Å². The molecule has 1 aliphatic heterocycles. The van der Waals surface area contributed by atoms with Crippen LogP contribution in [0, 0.1) is 13.8 Å². The van der Waals surface area contributed by atoms with Gasteiger partial charge in [-0.05, 0) is 75.9 Å². The van der Waals surface area contributed by atoms with Crippen LogP contribution in [0.3, 0.4) is 0 Å². The summed E-state index contributed by atoms with van der Waals surface area (Å²) in [5, 5.41) is 0. The number of nitrogens with zero attached hydrogens (tertiary/aromatic N) is 4. The number of hydrogen-bond donors (Lipinski definition) is 1. The van der Waals surface area contributed by atoms with Crippen molar-refractivity contribution in [1.29, 1.82) is 0 Å². The van der Waals surface area contributed by atoms with Gasteiger partial charge in [0.1, 0.15) is 11.7 Å². The second-order valence-electron chi connectivity index (χ2n) is 10.7. The molecule has 0 aliphatic carbocycles. The Morgan fingerprint density at radius 2 is 1.85 bits per heavy atom. The number of likely N-dealkylation sites (N-methyl/N-ethyl adjacent to an activating group) is 2. The van der Waals surface area contributed by atoms with Gasteiger partial charge in [0.2, 0.25) is 11.8 Å². The fourth-order valence-electron chi connectivity index (χ4n) is 4.31. The lowest BCUT2D eigenvalue weighted by molar-refractivity contribution is 0.0201. The quantitative estimate of drug-likeness (QED) is 0.423. The van der Waals surface area contributed by atoms with E-state index in [9.17, 15) is 9.59 Å². The van der Waals surface area contributed by atoms with Crippen molar-refractivity contribution < 1.29 is 19.1 Å². The molecule has 0 saturated carbocycles. The fraction of sp³-hybridized carbons (Fsp3) is 0.379. The standard InChI is InChI=1S/C29H35N5O4S/c1-18-10-8-11-19(2)25(18)23-15-24-31-27(30-23)32-39-22-13-9-12-20(14-22)26(35)33(6)16-21(37-24)17-34(7)28(36)38-29(3,4)5/h8-15,21H,16-17H2,1-7H3,(H,30,31,32)/t21-/m0/s1. The first-order chi connectivity index (χ1) is 18.4. The third-order valence-corrected chi connectivity index (χ3v) is 6.85. The molecule has 2 amide bonds. The lowest BCUT2D eigenvalue weighted by Crippen LogP contribution is -2.45. The summed E-state index contributed by atoms with van der Waals surface area (Å²) >= 11 is 1.32. The molecule has 206 valence electrons. The van der Waals surface area contributed by atoms with Crippen LogP contribution in [-0.4, -0.2) is 70.7 Å². The van der Waals surface area contributed by atoms with Crippen molar-refractivity contribution in [3.63, 3.8) is 0 Å². The largest absolute Gasteiger partial charge is 0.470 e. The van der Waals surface area contributed by atoms with E-state index in [4.69, 9.17) is 14.5 Å². The van der Waals surface area contributed by atoms with Crippen LogP contribution in [0.5, 0.6) is 5.88 Å². The zero-order valence-electron chi connectivity index (χ0n) is 23.4. The summed E-state index contributed by atoms with van der Waals surface area (Å²) in [6, 6.07) is 15.3. The second-order valence-corrected chi connectivity index (χ2v) is 11.6. The Labute approximate surface area is 234 Å². The van der Waals surface area contributed by atoms with Crippen molar-refractivity contribution in [3.05, 3.63) is 65.2 Å². The minimum Gasteiger partial charge on any atom is -0.470 e. The molecule has 39 heavy (non-hydrogen) atoms. The Morgan fingerprint density at radius 3 is 2.54 bits per heavy atom. The predicted molar refractivity (Wildman–Crippen MR) is 153 cm³/mol. The third-order valence-electron chi connectivity index (χ3n) is 6.08. The van der Waals surface area contributed by atoms with E-state index in [1.54, 1.807) is 31.1 Å². The highest BCUT2D eigenvalue weighted by atomic mass is 32.2. The molecule has 9 nitrogen and oxygen atoms in total. The monoisotopic (exact) mass is 549 g/mol. The maximum absolute atomic E-state index is 13.3. The first kappa shape index (κ1) is 28.2. The van der Waals surface area contributed by atoms with Crippen LogP contribution in [0.15, 0.2) is 53.4 Å². The molecule has 0 spiro atoms. The van der Waals surface area contributed by atoms with Crippen LogP contribution >= 0.6 is 11.9 Å². The van der Waals surface area contributed by atoms with E-state index < -0.39 is 17.8 Å². The van der Waals surface area contributed by atoms with E-state index in [1.165, 1.54) is 16.8 Å². The number of fused-ring (bicyclic) bond motifs is 4. The van der Waals surface area contributed by atoms with Crippen molar-refractivity contribution in [3.8, 4) is 17.1 Å². The number of hydrogen-bond acceptors (Lipinski definition) is 8. The SMILES string of the molecule is Cc1cccc(C)c1-c1cc2nc(n1)NSc1cccc(c1)C(=O)N(C)C[C@@H](CN(C)C(=O)OC(C)(C)C)O2. The Hall–Kier alpha value is -3.79. The number of aromatic nitrogens is 2. The summed E-state index contributed by atoms with van der Waals surface area (Å²) in [7, 11) is 3.37. The molecule has 4 rings (SSSR count). The van der Waals surface area contributed by atoms with E-state index in [2.05, 4.69) is 9.71 Å². The summed E-state index contributed by atoms with van der Waals surface area (Å²) in [6.07, 6.45) is -1.07. The number of ether oxygens (including phenoxy) is 2. The van der Waals surface area contributed by atoms with E-state index in [1.807, 2.05) is 71.0 Å². The smallest absolute Gasteiger partial charge is 0.410 e.